The number of esters is 1. The highest BCUT2D eigenvalue weighted by Crippen LogP contribution is 2.29. The number of carbonyl (C=O) groups is 1. The lowest BCUT2D eigenvalue weighted by Crippen LogP contribution is -2.12. The summed E-state index contributed by atoms with van der Waals surface area (Å²) in [6, 6.07) is 7.13. The van der Waals surface area contributed by atoms with Crippen molar-refractivity contribution in [2.75, 3.05) is 12.5 Å². The fraction of sp³-hybridized carbons (Fsp3) is 0.214. The second-order valence-electron chi connectivity index (χ2n) is 4.01. The zero-order chi connectivity index (χ0) is 15.2. The van der Waals surface area contributed by atoms with E-state index in [0.29, 0.717) is 11.3 Å². The molecule has 6 nitrogen and oxygen atoms in total. The molecule has 0 bridgehead atoms. The Hall–Kier alpha value is -2.34. The molecule has 0 saturated carbocycles. The molecule has 0 amide bonds. The summed E-state index contributed by atoms with van der Waals surface area (Å²) in [5.74, 6) is 0.128. The van der Waals surface area contributed by atoms with Gasteiger partial charge in [0.05, 0.1) is 23.7 Å². The van der Waals surface area contributed by atoms with Crippen LogP contribution in [0.3, 0.4) is 0 Å². The van der Waals surface area contributed by atoms with Crippen LogP contribution in [0.15, 0.2) is 39.9 Å². The Kier molecular flexibility index (Phi) is 4.94. The maximum absolute atomic E-state index is 11.6. The lowest BCUT2D eigenvalue weighted by molar-refractivity contribution is 0.0519. The Morgan fingerprint density at radius 1 is 1.48 bits per heavy atom. The van der Waals surface area contributed by atoms with Gasteiger partial charge in [0.1, 0.15) is 12.1 Å². The van der Waals surface area contributed by atoms with Crippen LogP contribution in [-0.4, -0.2) is 29.3 Å². The molecule has 1 aromatic heterocycles. The minimum absolute atomic E-state index is 0.107. The van der Waals surface area contributed by atoms with Crippen molar-refractivity contribution in [3.05, 3.63) is 36.2 Å². The van der Waals surface area contributed by atoms with E-state index >= 15 is 0 Å². The van der Waals surface area contributed by atoms with Gasteiger partial charge in [-0.05, 0) is 19.1 Å². The number of rotatable bonds is 5. The fourth-order valence-corrected chi connectivity index (χ4v) is 1.69. The average Bonchev–Trinajstić information content (AvgIpc) is 2.97. The fourth-order valence-electron chi connectivity index (χ4n) is 1.63. The van der Waals surface area contributed by atoms with E-state index in [4.69, 9.17) is 26.5 Å². The van der Waals surface area contributed by atoms with Crippen LogP contribution in [0.2, 0.25) is 0 Å². The van der Waals surface area contributed by atoms with E-state index in [-0.39, 0.29) is 29.9 Å². The van der Waals surface area contributed by atoms with Gasteiger partial charge in [-0.25, -0.2) is 14.8 Å². The highest BCUT2D eigenvalue weighted by atomic mass is 35.5. The van der Waals surface area contributed by atoms with Crippen LogP contribution in [0.25, 0.3) is 11.5 Å². The molecule has 1 heterocycles. The van der Waals surface area contributed by atoms with Crippen molar-refractivity contribution in [1.82, 2.24) is 4.98 Å². The highest BCUT2D eigenvalue weighted by Gasteiger charge is 2.16. The summed E-state index contributed by atoms with van der Waals surface area (Å²) in [6.07, 6.45) is 1.25. The molecule has 0 radical (unpaired) electrons. The maximum Gasteiger partial charge on any atom is 0.360 e. The Morgan fingerprint density at radius 3 is 2.95 bits per heavy atom. The number of benzene rings is 1. The third kappa shape index (κ3) is 3.61. The molecule has 1 aromatic carbocycles. The Labute approximate surface area is 126 Å². The molecular formula is C14H14ClN3O3. The third-order valence-electron chi connectivity index (χ3n) is 2.52. The first-order valence-corrected chi connectivity index (χ1v) is 6.80. The topological polar surface area (TPSA) is 90.7 Å². The molecule has 0 saturated heterocycles. The van der Waals surface area contributed by atoms with Gasteiger partial charge >= 0.3 is 5.97 Å². The van der Waals surface area contributed by atoms with Gasteiger partial charge in [-0.3, -0.25) is 0 Å². The first kappa shape index (κ1) is 15.1. The second kappa shape index (κ2) is 6.90. The van der Waals surface area contributed by atoms with Crippen molar-refractivity contribution < 1.29 is 13.9 Å². The monoisotopic (exact) mass is 307 g/mol. The number of para-hydroxylation sites is 1. The number of halogens is 1. The summed E-state index contributed by atoms with van der Waals surface area (Å²) in [6.45, 7) is 1.99. The van der Waals surface area contributed by atoms with Crippen molar-refractivity contribution in [1.29, 1.82) is 0 Å². The van der Waals surface area contributed by atoms with Crippen molar-refractivity contribution in [3.63, 3.8) is 0 Å². The normalized spacial score (nSPS) is 11.4. The molecule has 0 unspecified atom stereocenters. The average molecular weight is 308 g/mol. The molecule has 21 heavy (non-hydrogen) atoms. The van der Waals surface area contributed by atoms with Crippen molar-refractivity contribution in [3.8, 4) is 11.5 Å². The van der Waals surface area contributed by atoms with Crippen LogP contribution in [0.4, 0.5) is 5.69 Å². The van der Waals surface area contributed by atoms with Crippen LogP contribution < -0.4 is 5.73 Å². The van der Waals surface area contributed by atoms with Gasteiger partial charge in [0.2, 0.25) is 5.89 Å². The summed E-state index contributed by atoms with van der Waals surface area (Å²) < 4.78 is 10.2. The van der Waals surface area contributed by atoms with Crippen LogP contribution in [0, 0.1) is 0 Å². The molecular weight excluding hydrogens is 294 g/mol. The van der Waals surface area contributed by atoms with Crippen LogP contribution in [0.5, 0.6) is 0 Å². The number of alkyl halides is 1. The summed E-state index contributed by atoms with van der Waals surface area (Å²) in [5, 5.41) is 0. The van der Waals surface area contributed by atoms with E-state index in [9.17, 15) is 4.79 Å². The number of nitrogens with two attached hydrogens (primary N) is 1. The largest absolute Gasteiger partial charge is 0.461 e. The number of hydrogen-bond donors (Lipinski definition) is 1. The standard InChI is InChI=1S/C14H14ClN3O3/c1-2-20-14(19)11-8-21-13(18-11)9-5-3-4-6-10(9)17-12(16)7-15/h3-6,8H,2,7H2,1H3,(H2,16,17). The SMILES string of the molecule is CCOC(=O)c1coc(-c2ccccc2N=C(N)CCl)n1. The number of aliphatic imine (C=N–C) groups is 1. The van der Waals surface area contributed by atoms with Gasteiger partial charge in [-0.1, -0.05) is 12.1 Å². The molecule has 0 fully saturated rings. The van der Waals surface area contributed by atoms with E-state index in [1.54, 1.807) is 31.2 Å². The molecule has 110 valence electrons. The number of oxazole rings is 1. The summed E-state index contributed by atoms with van der Waals surface area (Å²) in [7, 11) is 0. The first-order chi connectivity index (χ1) is 10.2. The van der Waals surface area contributed by atoms with E-state index in [2.05, 4.69) is 9.98 Å². The molecule has 0 aliphatic rings. The van der Waals surface area contributed by atoms with Crippen LogP contribution in [-0.2, 0) is 4.74 Å². The predicted octanol–water partition coefficient (Wildman–Crippen LogP) is 2.75. The number of carbonyl (C=O) groups excluding carboxylic acids is 1. The predicted molar refractivity (Wildman–Crippen MR) is 79.9 cm³/mol. The van der Waals surface area contributed by atoms with Gasteiger partial charge in [0, 0.05) is 0 Å². The number of nitrogens with zero attached hydrogens (tertiary/aromatic N) is 2. The van der Waals surface area contributed by atoms with E-state index in [1.807, 2.05) is 0 Å². The molecule has 2 aromatic rings. The number of ether oxygens (including phenoxy) is 1. The second-order valence-corrected chi connectivity index (χ2v) is 4.28. The van der Waals surface area contributed by atoms with Crippen molar-refractivity contribution in [2.45, 2.75) is 6.92 Å². The Bertz CT molecular complexity index is 667. The minimum Gasteiger partial charge on any atom is -0.461 e. The molecule has 0 spiro atoms. The summed E-state index contributed by atoms with van der Waals surface area (Å²) in [5.41, 5.74) is 6.92. The maximum atomic E-state index is 11.6. The highest BCUT2D eigenvalue weighted by molar-refractivity contribution is 6.28. The van der Waals surface area contributed by atoms with Gasteiger partial charge < -0.3 is 14.9 Å². The summed E-state index contributed by atoms with van der Waals surface area (Å²) >= 11 is 5.62. The number of amidine groups is 1. The molecule has 0 atom stereocenters. The molecule has 7 heteroatoms. The van der Waals surface area contributed by atoms with Gasteiger partial charge in [-0.15, -0.1) is 11.6 Å². The van der Waals surface area contributed by atoms with Gasteiger partial charge in [-0.2, -0.15) is 0 Å². The number of aromatic nitrogens is 1. The lowest BCUT2D eigenvalue weighted by atomic mass is 10.2. The molecule has 0 aliphatic heterocycles. The smallest absolute Gasteiger partial charge is 0.360 e. The Balaban J connectivity index is 2.37. The van der Waals surface area contributed by atoms with E-state index in [1.165, 1.54) is 6.26 Å². The zero-order valence-electron chi connectivity index (χ0n) is 11.4. The van der Waals surface area contributed by atoms with Gasteiger partial charge in [0.15, 0.2) is 5.69 Å². The quantitative estimate of drug-likeness (QED) is 0.397. The third-order valence-corrected chi connectivity index (χ3v) is 2.80. The van der Waals surface area contributed by atoms with Crippen LogP contribution in [0.1, 0.15) is 17.4 Å². The van der Waals surface area contributed by atoms with Crippen molar-refractivity contribution >= 4 is 29.1 Å². The molecule has 0 aliphatic carbocycles. The van der Waals surface area contributed by atoms with Crippen molar-refractivity contribution in [2.24, 2.45) is 10.7 Å². The van der Waals surface area contributed by atoms with E-state index < -0.39 is 5.97 Å². The molecule has 2 N–H and O–H groups in total. The molecule has 2 rings (SSSR count). The summed E-state index contributed by atoms with van der Waals surface area (Å²) in [4.78, 5) is 19.9. The van der Waals surface area contributed by atoms with Crippen LogP contribution >= 0.6 is 11.6 Å². The first-order valence-electron chi connectivity index (χ1n) is 6.26. The number of hydrogen-bond acceptors (Lipinski definition) is 5. The zero-order valence-corrected chi connectivity index (χ0v) is 12.1. The minimum atomic E-state index is -0.534. The lowest BCUT2D eigenvalue weighted by Gasteiger charge is -2.02. The van der Waals surface area contributed by atoms with E-state index in [0.717, 1.165) is 0 Å². The Morgan fingerprint density at radius 2 is 2.24 bits per heavy atom. The van der Waals surface area contributed by atoms with Gasteiger partial charge in [0.25, 0.3) is 0 Å².